The minimum atomic E-state index is -0.779. The molecule has 3 aromatic rings. The molecule has 0 radical (unpaired) electrons. The number of carboxylic acid groups (broad SMARTS) is 1. The number of nitrogens with zero attached hydrogens (tertiary/aromatic N) is 1. The van der Waals surface area contributed by atoms with E-state index in [4.69, 9.17) is 5.11 Å². The van der Waals surface area contributed by atoms with Crippen LogP contribution in [0.4, 0.5) is 27.7 Å². The van der Waals surface area contributed by atoms with E-state index in [1.54, 1.807) is 18.2 Å². The highest BCUT2D eigenvalue weighted by atomic mass is 16.4. The molecule has 2 atom stereocenters. The van der Waals surface area contributed by atoms with Crippen molar-refractivity contribution in [3.8, 4) is 0 Å². The lowest BCUT2D eigenvalue weighted by atomic mass is 10.1. The number of anilines is 4. The smallest absolute Gasteiger partial charge is 0.320 e. The van der Waals surface area contributed by atoms with E-state index in [1.807, 2.05) is 49.4 Å². The van der Waals surface area contributed by atoms with Crippen LogP contribution in [0, 0.1) is 5.92 Å². The lowest BCUT2D eigenvalue weighted by Gasteiger charge is -2.14. The molecule has 5 N–H and O–H groups in total. The van der Waals surface area contributed by atoms with Gasteiger partial charge >= 0.3 is 12.0 Å². The summed E-state index contributed by atoms with van der Waals surface area (Å²) in [6.07, 6.45) is 2.04. The number of hydrogen-bond acceptors (Lipinski definition) is 5. The standard InChI is InChI=1S/C25H25N5O4/c1-2-26-25(34)30-22-13-21(28-16-6-4-3-5-7-16)20(14-27-22)23(31)29-17-10-8-15(9-11-17)18-12-19(18)24(32)33/h3-11,13-14,18-19H,2,12H2,1H3,(H,29,31)(H,32,33)(H3,26,27,28,30,34). The number of benzene rings is 2. The van der Waals surface area contributed by atoms with Crippen molar-refractivity contribution in [2.75, 3.05) is 22.5 Å². The summed E-state index contributed by atoms with van der Waals surface area (Å²) >= 11 is 0. The SMILES string of the molecule is CCNC(=O)Nc1cc(Nc2ccccc2)c(C(=O)Nc2ccc(C3CC3C(=O)O)cc2)cn1. The Balaban J connectivity index is 1.52. The molecule has 2 unspecified atom stereocenters. The van der Waals surface area contributed by atoms with E-state index in [1.165, 1.54) is 6.20 Å². The van der Waals surface area contributed by atoms with Crippen molar-refractivity contribution in [1.29, 1.82) is 0 Å². The summed E-state index contributed by atoms with van der Waals surface area (Å²) in [5.74, 6) is -1.16. The van der Waals surface area contributed by atoms with Gasteiger partial charge in [-0.3, -0.25) is 14.9 Å². The average molecular weight is 460 g/mol. The van der Waals surface area contributed by atoms with Crippen LogP contribution in [0.15, 0.2) is 66.9 Å². The van der Waals surface area contributed by atoms with E-state index in [0.29, 0.717) is 35.7 Å². The van der Waals surface area contributed by atoms with E-state index in [0.717, 1.165) is 11.3 Å². The quantitative estimate of drug-likeness (QED) is 0.339. The van der Waals surface area contributed by atoms with E-state index in [2.05, 4.69) is 26.3 Å². The van der Waals surface area contributed by atoms with Crippen molar-refractivity contribution in [2.45, 2.75) is 19.3 Å². The largest absolute Gasteiger partial charge is 0.481 e. The Labute approximate surface area is 196 Å². The zero-order valence-corrected chi connectivity index (χ0v) is 18.5. The van der Waals surface area contributed by atoms with Gasteiger partial charge in [0.1, 0.15) is 5.82 Å². The second kappa shape index (κ2) is 10.0. The maximum absolute atomic E-state index is 13.1. The normalized spacial score (nSPS) is 16.3. The molecule has 3 amide bonds. The topological polar surface area (TPSA) is 132 Å². The van der Waals surface area contributed by atoms with E-state index >= 15 is 0 Å². The number of amides is 3. The maximum atomic E-state index is 13.1. The summed E-state index contributed by atoms with van der Waals surface area (Å²) in [4.78, 5) is 40.3. The van der Waals surface area contributed by atoms with Gasteiger partial charge in [0.05, 0.1) is 17.2 Å². The number of nitrogens with one attached hydrogen (secondary N) is 4. The highest BCUT2D eigenvalue weighted by Crippen LogP contribution is 2.47. The first-order valence-corrected chi connectivity index (χ1v) is 11.0. The third-order valence-electron chi connectivity index (χ3n) is 5.48. The highest BCUT2D eigenvalue weighted by Gasteiger charge is 2.44. The molecule has 1 saturated carbocycles. The van der Waals surface area contributed by atoms with Crippen LogP contribution >= 0.6 is 0 Å². The fourth-order valence-electron chi connectivity index (χ4n) is 3.65. The number of urea groups is 1. The molecule has 2 aromatic carbocycles. The van der Waals surface area contributed by atoms with Gasteiger partial charge in [-0.25, -0.2) is 9.78 Å². The van der Waals surface area contributed by atoms with Gasteiger partial charge in [-0.05, 0) is 49.1 Å². The number of rotatable bonds is 8. The molecular formula is C25H25N5O4. The summed E-state index contributed by atoms with van der Waals surface area (Å²) in [5, 5.41) is 20.5. The van der Waals surface area contributed by atoms with Gasteiger partial charge in [0.25, 0.3) is 5.91 Å². The molecule has 174 valence electrons. The van der Waals surface area contributed by atoms with E-state index < -0.39 is 12.0 Å². The molecule has 0 aliphatic heterocycles. The molecular weight excluding hydrogens is 434 g/mol. The van der Waals surface area contributed by atoms with Crippen molar-refractivity contribution in [2.24, 2.45) is 5.92 Å². The van der Waals surface area contributed by atoms with Crippen LogP contribution in [0.3, 0.4) is 0 Å². The Bertz CT molecular complexity index is 1200. The van der Waals surface area contributed by atoms with Gasteiger partial charge < -0.3 is 21.1 Å². The number of hydrogen-bond donors (Lipinski definition) is 5. The fraction of sp³-hybridized carbons (Fsp3) is 0.200. The monoisotopic (exact) mass is 459 g/mol. The van der Waals surface area contributed by atoms with Crippen molar-refractivity contribution in [1.82, 2.24) is 10.3 Å². The van der Waals surface area contributed by atoms with Crippen LogP contribution in [0.2, 0.25) is 0 Å². The average Bonchev–Trinajstić information content (AvgIpc) is 3.62. The van der Waals surface area contributed by atoms with E-state index in [9.17, 15) is 14.4 Å². The molecule has 0 saturated heterocycles. The van der Waals surface area contributed by atoms with E-state index in [-0.39, 0.29) is 17.7 Å². The van der Waals surface area contributed by atoms with Crippen LogP contribution in [0.5, 0.6) is 0 Å². The molecule has 0 spiro atoms. The molecule has 4 rings (SSSR count). The summed E-state index contributed by atoms with van der Waals surface area (Å²) in [7, 11) is 0. The van der Waals surface area contributed by atoms with Crippen molar-refractivity contribution in [3.63, 3.8) is 0 Å². The number of aliphatic carboxylic acids is 1. The Morgan fingerprint density at radius 1 is 1.00 bits per heavy atom. The third kappa shape index (κ3) is 5.50. The van der Waals surface area contributed by atoms with Crippen LogP contribution in [0.25, 0.3) is 0 Å². The number of para-hydroxylation sites is 1. The molecule has 1 fully saturated rings. The summed E-state index contributed by atoms with van der Waals surface area (Å²) < 4.78 is 0. The zero-order chi connectivity index (χ0) is 24.1. The molecule has 9 heteroatoms. The van der Waals surface area contributed by atoms with Crippen molar-refractivity contribution < 1.29 is 19.5 Å². The predicted molar refractivity (Wildman–Crippen MR) is 130 cm³/mol. The van der Waals surface area contributed by atoms with Gasteiger partial charge in [0, 0.05) is 30.2 Å². The van der Waals surface area contributed by atoms with Crippen molar-refractivity contribution >= 4 is 40.8 Å². The second-order valence-corrected chi connectivity index (χ2v) is 7.95. The predicted octanol–water partition coefficient (Wildman–Crippen LogP) is 4.41. The number of pyridine rings is 1. The number of carbonyl (C=O) groups is 3. The molecule has 1 aliphatic rings. The lowest BCUT2D eigenvalue weighted by molar-refractivity contribution is -0.138. The number of carboxylic acids is 1. The first-order valence-electron chi connectivity index (χ1n) is 11.0. The van der Waals surface area contributed by atoms with Gasteiger partial charge in [-0.1, -0.05) is 30.3 Å². The minimum Gasteiger partial charge on any atom is -0.481 e. The Kier molecular flexibility index (Phi) is 6.72. The number of aromatic nitrogens is 1. The van der Waals surface area contributed by atoms with Crippen molar-refractivity contribution in [3.05, 3.63) is 78.0 Å². The molecule has 9 nitrogen and oxygen atoms in total. The Hall–Kier alpha value is -4.40. The van der Waals surface area contributed by atoms with Crippen LogP contribution in [-0.2, 0) is 4.79 Å². The molecule has 1 heterocycles. The van der Waals surface area contributed by atoms with Gasteiger partial charge in [0.2, 0.25) is 0 Å². The third-order valence-corrected chi connectivity index (χ3v) is 5.48. The zero-order valence-electron chi connectivity index (χ0n) is 18.5. The van der Waals surface area contributed by atoms with Gasteiger partial charge in [-0.2, -0.15) is 0 Å². The first-order chi connectivity index (χ1) is 16.4. The van der Waals surface area contributed by atoms with Crippen LogP contribution in [-0.4, -0.2) is 34.5 Å². The fourth-order valence-corrected chi connectivity index (χ4v) is 3.65. The summed E-state index contributed by atoms with van der Waals surface area (Å²) in [6.45, 7) is 2.28. The van der Waals surface area contributed by atoms with Gasteiger partial charge in [0.15, 0.2) is 0 Å². The highest BCUT2D eigenvalue weighted by molar-refractivity contribution is 6.08. The maximum Gasteiger partial charge on any atom is 0.320 e. The molecule has 0 bridgehead atoms. The molecule has 34 heavy (non-hydrogen) atoms. The van der Waals surface area contributed by atoms with Crippen LogP contribution in [0.1, 0.15) is 35.2 Å². The Morgan fingerprint density at radius 2 is 1.74 bits per heavy atom. The molecule has 1 aromatic heterocycles. The summed E-state index contributed by atoms with van der Waals surface area (Å²) in [6, 6.07) is 17.7. The minimum absolute atomic E-state index is 0.0260. The summed E-state index contributed by atoms with van der Waals surface area (Å²) in [5.41, 5.74) is 3.07. The Morgan fingerprint density at radius 3 is 2.38 bits per heavy atom. The number of carbonyl (C=O) groups excluding carboxylic acids is 2. The van der Waals surface area contributed by atoms with Gasteiger partial charge in [-0.15, -0.1) is 0 Å². The lowest BCUT2D eigenvalue weighted by Crippen LogP contribution is -2.28. The first kappa shape index (κ1) is 22.8. The van der Waals surface area contributed by atoms with Crippen LogP contribution < -0.4 is 21.3 Å². The second-order valence-electron chi connectivity index (χ2n) is 7.95. The molecule has 1 aliphatic carbocycles.